The fourth-order valence-electron chi connectivity index (χ4n) is 4.04. The lowest BCUT2D eigenvalue weighted by Crippen LogP contribution is -2.35. The highest BCUT2D eigenvalue weighted by atomic mass is 16.5. The smallest absolute Gasteiger partial charge is 0.219 e. The molecule has 0 bridgehead atoms. The number of nitrogens with one attached hydrogen (secondary N) is 1. The van der Waals surface area contributed by atoms with E-state index < -0.39 is 5.72 Å². The van der Waals surface area contributed by atoms with Gasteiger partial charge in [-0.05, 0) is 66.9 Å². The van der Waals surface area contributed by atoms with Gasteiger partial charge in [0.2, 0.25) is 5.72 Å². The number of benzene rings is 2. The molecule has 1 aliphatic carbocycles. The van der Waals surface area contributed by atoms with E-state index in [-0.39, 0.29) is 6.84 Å². The largest absolute Gasteiger partial charge is 0.494 e. The van der Waals surface area contributed by atoms with Crippen LogP contribution in [0.15, 0.2) is 64.6 Å². The third-order valence-electron chi connectivity index (χ3n) is 5.70. The lowest BCUT2D eigenvalue weighted by molar-refractivity contribution is 0.167. The number of hydrogen-bond acceptors (Lipinski definition) is 5. The van der Waals surface area contributed by atoms with E-state index >= 15 is 0 Å². The quantitative estimate of drug-likeness (QED) is 0.812. The molecule has 1 spiro atoms. The fraction of sp³-hybridized carbons (Fsp3) is 0.304. The van der Waals surface area contributed by atoms with Crippen molar-refractivity contribution in [3.63, 3.8) is 0 Å². The van der Waals surface area contributed by atoms with Crippen molar-refractivity contribution in [1.82, 2.24) is 5.32 Å². The van der Waals surface area contributed by atoms with Gasteiger partial charge in [0.15, 0.2) is 0 Å². The SMILES string of the molecule is CCOc1ccc(C2=CC34CC3(Oc3ccc(CC)cc3)N=CN=C4N2)cc1.[HH]. The van der Waals surface area contributed by atoms with Gasteiger partial charge in [0.1, 0.15) is 29.1 Å². The molecular weight excluding hydrogens is 350 g/mol. The number of aliphatic imine (C=N–C) groups is 2. The van der Waals surface area contributed by atoms with Gasteiger partial charge >= 0.3 is 0 Å². The Hall–Kier alpha value is -3.08. The summed E-state index contributed by atoms with van der Waals surface area (Å²) >= 11 is 0. The van der Waals surface area contributed by atoms with Gasteiger partial charge < -0.3 is 14.8 Å². The molecule has 0 aromatic heterocycles. The molecule has 3 aliphatic rings. The second-order valence-corrected chi connectivity index (χ2v) is 7.39. The molecule has 0 radical (unpaired) electrons. The van der Waals surface area contributed by atoms with Crippen LogP contribution < -0.4 is 14.8 Å². The highest BCUT2D eigenvalue weighted by Gasteiger charge is 2.75. The maximum atomic E-state index is 6.37. The predicted molar refractivity (Wildman–Crippen MR) is 113 cm³/mol. The van der Waals surface area contributed by atoms with Crippen molar-refractivity contribution in [3.8, 4) is 11.5 Å². The summed E-state index contributed by atoms with van der Waals surface area (Å²) in [6.07, 6.45) is 5.64. The molecule has 1 N–H and O–H groups in total. The Morgan fingerprint density at radius 1 is 1.04 bits per heavy atom. The van der Waals surface area contributed by atoms with E-state index in [2.05, 4.69) is 52.6 Å². The van der Waals surface area contributed by atoms with E-state index in [4.69, 9.17) is 9.47 Å². The van der Waals surface area contributed by atoms with Crippen molar-refractivity contribution < 1.29 is 10.9 Å². The number of aryl methyl sites for hydroxylation is 1. The third-order valence-corrected chi connectivity index (χ3v) is 5.70. The Kier molecular flexibility index (Phi) is 3.79. The van der Waals surface area contributed by atoms with E-state index in [9.17, 15) is 0 Å². The molecule has 2 aromatic carbocycles. The summed E-state index contributed by atoms with van der Waals surface area (Å²) in [6.45, 7) is 4.80. The summed E-state index contributed by atoms with van der Waals surface area (Å²) in [5.74, 6) is 2.63. The summed E-state index contributed by atoms with van der Waals surface area (Å²) in [5, 5.41) is 3.47. The van der Waals surface area contributed by atoms with Gasteiger partial charge in [-0.3, -0.25) is 0 Å². The van der Waals surface area contributed by atoms with Gasteiger partial charge in [0, 0.05) is 13.5 Å². The van der Waals surface area contributed by atoms with Crippen LogP contribution in [0.25, 0.3) is 5.70 Å². The zero-order valence-electron chi connectivity index (χ0n) is 16.1. The van der Waals surface area contributed by atoms with Crippen LogP contribution in [0.3, 0.4) is 0 Å². The molecule has 5 nitrogen and oxygen atoms in total. The summed E-state index contributed by atoms with van der Waals surface area (Å²) in [6, 6.07) is 16.4. The predicted octanol–water partition coefficient (Wildman–Crippen LogP) is 4.44. The van der Waals surface area contributed by atoms with Gasteiger partial charge in [-0.25, -0.2) is 9.98 Å². The van der Waals surface area contributed by atoms with Crippen molar-refractivity contribution in [2.45, 2.75) is 32.4 Å². The number of hydrogen-bond donors (Lipinski definition) is 1. The highest BCUT2D eigenvalue weighted by molar-refractivity contribution is 6.09. The third kappa shape index (κ3) is 2.53. The second kappa shape index (κ2) is 6.23. The summed E-state index contributed by atoms with van der Waals surface area (Å²) < 4.78 is 11.9. The van der Waals surface area contributed by atoms with Crippen molar-refractivity contribution >= 4 is 17.9 Å². The first-order valence-corrected chi connectivity index (χ1v) is 9.81. The molecule has 144 valence electrons. The van der Waals surface area contributed by atoms with Crippen LogP contribution >= 0.6 is 0 Å². The first-order valence-electron chi connectivity index (χ1n) is 9.81. The highest BCUT2D eigenvalue weighted by Crippen LogP contribution is 2.64. The molecule has 2 aliphatic heterocycles. The molecule has 1 saturated carbocycles. The Morgan fingerprint density at radius 2 is 1.79 bits per heavy atom. The lowest BCUT2D eigenvalue weighted by atomic mass is 10.0. The average Bonchev–Trinajstić information content (AvgIpc) is 3.21. The first kappa shape index (κ1) is 17.0. The lowest BCUT2D eigenvalue weighted by Gasteiger charge is -2.22. The van der Waals surface area contributed by atoms with E-state index in [1.54, 1.807) is 6.34 Å². The topological polar surface area (TPSA) is 55.2 Å². The molecule has 2 heterocycles. The molecule has 2 aromatic rings. The average molecular weight is 375 g/mol. The molecule has 1 fully saturated rings. The van der Waals surface area contributed by atoms with Crippen LogP contribution in [0, 0.1) is 5.41 Å². The maximum Gasteiger partial charge on any atom is 0.219 e. The monoisotopic (exact) mass is 375 g/mol. The van der Waals surface area contributed by atoms with Gasteiger partial charge in [0.25, 0.3) is 0 Å². The van der Waals surface area contributed by atoms with Crippen molar-refractivity contribution in [3.05, 3.63) is 65.7 Å². The number of amidine groups is 1. The molecule has 2 atom stereocenters. The molecule has 5 heteroatoms. The zero-order chi connectivity index (χ0) is 19.2. The van der Waals surface area contributed by atoms with Crippen molar-refractivity contribution in [2.75, 3.05) is 6.61 Å². The zero-order valence-corrected chi connectivity index (χ0v) is 16.1. The van der Waals surface area contributed by atoms with Gasteiger partial charge in [-0.2, -0.15) is 0 Å². The fourth-order valence-corrected chi connectivity index (χ4v) is 4.04. The van der Waals surface area contributed by atoms with Gasteiger partial charge in [0.05, 0.1) is 6.61 Å². The molecule has 5 rings (SSSR count). The molecule has 0 amide bonds. The van der Waals surface area contributed by atoms with Crippen LogP contribution in [0.5, 0.6) is 11.5 Å². The van der Waals surface area contributed by atoms with Crippen LogP contribution in [0.1, 0.15) is 32.8 Å². The second-order valence-electron chi connectivity index (χ2n) is 7.39. The van der Waals surface area contributed by atoms with Crippen molar-refractivity contribution in [2.24, 2.45) is 15.4 Å². The van der Waals surface area contributed by atoms with E-state index in [1.807, 2.05) is 31.2 Å². The van der Waals surface area contributed by atoms with Crippen LogP contribution in [0.2, 0.25) is 0 Å². The Bertz CT molecular complexity index is 998. The molecule has 2 unspecified atom stereocenters. The Morgan fingerprint density at radius 3 is 2.50 bits per heavy atom. The number of nitrogens with zero attached hydrogens (tertiary/aromatic N) is 2. The maximum absolute atomic E-state index is 6.37. The number of rotatable bonds is 6. The minimum Gasteiger partial charge on any atom is -0.494 e. The van der Waals surface area contributed by atoms with Crippen LogP contribution in [0.4, 0.5) is 0 Å². The van der Waals surface area contributed by atoms with E-state index in [0.717, 1.165) is 41.4 Å². The number of ether oxygens (including phenoxy) is 2. The Labute approximate surface area is 166 Å². The summed E-state index contributed by atoms with van der Waals surface area (Å²) in [7, 11) is 0. The standard InChI is InChI=1S/C23H23N3O2.H2/c1-3-16-5-9-19(10-6-16)28-23-14-22(23)13-20(26-21(22)24-15-25-23)17-7-11-18(12-8-17)27-4-2;/h5-13,15H,3-4,14H2,1-2H3,(H,24,25,26);1H. The minimum absolute atomic E-state index is 0. The van der Waals surface area contributed by atoms with Gasteiger partial charge in [-0.15, -0.1) is 0 Å². The van der Waals surface area contributed by atoms with Crippen molar-refractivity contribution in [1.29, 1.82) is 0 Å². The van der Waals surface area contributed by atoms with Gasteiger partial charge in [-0.1, -0.05) is 19.1 Å². The van der Waals surface area contributed by atoms with E-state index in [1.165, 1.54) is 5.56 Å². The summed E-state index contributed by atoms with van der Waals surface area (Å²) in [5.41, 5.74) is 2.53. The van der Waals surface area contributed by atoms with E-state index in [0.29, 0.717) is 6.61 Å². The van der Waals surface area contributed by atoms with Crippen LogP contribution in [-0.4, -0.2) is 24.5 Å². The Balaban J connectivity index is 0.00000205. The van der Waals surface area contributed by atoms with Crippen LogP contribution in [-0.2, 0) is 6.42 Å². The first-order chi connectivity index (χ1) is 13.7. The molecule has 28 heavy (non-hydrogen) atoms. The molecule has 0 saturated heterocycles. The molecular formula is C23H25N3O2. The minimum atomic E-state index is -0.599. The summed E-state index contributed by atoms with van der Waals surface area (Å²) in [4.78, 5) is 9.13. The normalized spacial score (nSPS) is 26.5.